The van der Waals surface area contributed by atoms with Crippen LogP contribution in [0, 0.1) is 5.92 Å². The van der Waals surface area contributed by atoms with E-state index in [9.17, 15) is 19.2 Å². The highest BCUT2D eigenvalue weighted by Gasteiger charge is 2.31. The van der Waals surface area contributed by atoms with Gasteiger partial charge in [0.15, 0.2) is 17.3 Å². The molecular weight excluding hydrogens is 568 g/mol. The number of fused-ring (bicyclic) bond motifs is 3. The van der Waals surface area contributed by atoms with Gasteiger partial charge in [0.1, 0.15) is 24.5 Å². The van der Waals surface area contributed by atoms with Crippen LogP contribution in [0.25, 0.3) is 11.4 Å². The number of hydrogen-bond acceptors (Lipinski definition) is 9. The molecule has 2 aliphatic heterocycles. The fraction of sp³-hybridized carbons (Fsp3) is 0.500. The average molecular weight is 607 g/mol. The first-order valence-corrected chi connectivity index (χ1v) is 14.9. The van der Waals surface area contributed by atoms with Gasteiger partial charge in [-0.25, -0.2) is 9.67 Å². The summed E-state index contributed by atoms with van der Waals surface area (Å²) in [7, 11) is 0. The molecule has 0 spiro atoms. The SMILES string of the molecule is CC(C)C[C@H]1NC(=O)c2cc(on2)CN(C(=O)[C@@H]2CCCO2)CCNC(=O)Cn2nc(-c3ccccc3)nc2[C@H](C)NC1=O. The van der Waals surface area contributed by atoms with Crippen LogP contribution in [0.1, 0.15) is 68.1 Å². The lowest BCUT2D eigenvalue weighted by Crippen LogP contribution is -2.48. The molecule has 1 saturated heterocycles. The van der Waals surface area contributed by atoms with Gasteiger partial charge in [-0.05, 0) is 32.1 Å². The Morgan fingerprint density at radius 1 is 1.11 bits per heavy atom. The van der Waals surface area contributed by atoms with Gasteiger partial charge in [0.05, 0.1) is 12.6 Å². The highest BCUT2D eigenvalue weighted by molar-refractivity contribution is 5.96. The number of carbonyl (C=O) groups is 4. The van der Waals surface area contributed by atoms with Crippen molar-refractivity contribution in [3.8, 4) is 11.4 Å². The van der Waals surface area contributed by atoms with Crippen molar-refractivity contribution in [3.63, 3.8) is 0 Å². The summed E-state index contributed by atoms with van der Waals surface area (Å²) >= 11 is 0. The first-order chi connectivity index (χ1) is 21.2. The number of ether oxygens (including phenoxy) is 1. The summed E-state index contributed by atoms with van der Waals surface area (Å²) in [6.07, 6.45) is 1.16. The molecule has 4 heterocycles. The third-order valence-corrected chi connectivity index (χ3v) is 7.46. The molecule has 234 valence electrons. The van der Waals surface area contributed by atoms with Gasteiger partial charge < -0.3 is 30.1 Å². The summed E-state index contributed by atoms with van der Waals surface area (Å²) in [5.41, 5.74) is 0.741. The molecule has 1 aromatic carbocycles. The number of carbonyl (C=O) groups excluding carboxylic acids is 4. The summed E-state index contributed by atoms with van der Waals surface area (Å²) in [5, 5.41) is 17.0. The molecule has 2 aromatic heterocycles. The van der Waals surface area contributed by atoms with Crippen molar-refractivity contribution in [2.24, 2.45) is 5.92 Å². The molecule has 1 fully saturated rings. The van der Waals surface area contributed by atoms with E-state index < -0.39 is 30.0 Å². The Bertz CT molecular complexity index is 1480. The molecule has 14 heteroatoms. The van der Waals surface area contributed by atoms with E-state index in [0.717, 1.165) is 12.0 Å². The molecular formula is C30H38N8O6. The van der Waals surface area contributed by atoms with Crippen molar-refractivity contribution in [3.05, 3.63) is 53.7 Å². The van der Waals surface area contributed by atoms with Crippen molar-refractivity contribution >= 4 is 23.6 Å². The van der Waals surface area contributed by atoms with E-state index in [-0.39, 0.29) is 55.4 Å². The van der Waals surface area contributed by atoms with Crippen LogP contribution in [0.15, 0.2) is 40.9 Å². The lowest BCUT2D eigenvalue weighted by atomic mass is 10.0. The van der Waals surface area contributed by atoms with Crippen LogP contribution in [0.4, 0.5) is 0 Å². The zero-order valence-electron chi connectivity index (χ0n) is 25.1. The van der Waals surface area contributed by atoms with Crippen molar-refractivity contribution in [2.45, 2.75) is 71.3 Å². The number of benzene rings is 1. The molecule has 0 radical (unpaired) electrons. The second-order valence-corrected chi connectivity index (χ2v) is 11.5. The molecule has 44 heavy (non-hydrogen) atoms. The topological polar surface area (TPSA) is 174 Å². The van der Waals surface area contributed by atoms with Gasteiger partial charge in [-0.15, -0.1) is 0 Å². The highest BCUT2D eigenvalue weighted by Crippen LogP contribution is 2.20. The third kappa shape index (κ3) is 7.48. The molecule has 2 aliphatic rings. The smallest absolute Gasteiger partial charge is 0.274 e. The molecule has 3 aromatic rings. The zero-order valence-corrected chi connectivity index (χ0v) is 25.1. The number of nitrogens with one attached hydrogen (secondary N) is 3. The fourth-order valence-electron chi connectivity index (χ4n) is 5.26. The molecule has 3 atom stereocenters. The van der Waals surface area contributed by atoms with E-state index in [2.05, 4.69) is 31.2 Å². The van der Waals surface area contributed by atoms with Crippen LogP contribution >= 0.6 is 0 Å². The van der Waals surface area contributed by atoms with E-state index in [1.54, 1.807) is 6.92 Å². The van der Waals surface area contributed by atoms with Gasteiger partial charge in [-0.1, -0.05) is 49.3 Å². The molecule has 0 aliphatic carbocycles. The zero-order chi connectivity index (χ0) is 31.2. The lowest BCUT2D eigenvalue weighted by Gasteiger charge is -2.24. The molecule has 4 amide bonds. The average Bonchev–Trinajstić information content (AvgIpc) is 3.77. The quantitative estimate of drug-likeness (QED) is 0.399. The number of amides is 4. The standard InChI is InChI=1S/C30H38N8O6/c1-18(2)14-22-28(40)32-19(3)27-34-26(20-8-5-4-6-9-20)35-38(27)17-25(39)31-11-12-37(30(42)24-10-7-13-43-24)16-21-15-23(36-44-21)29(41)33-22/h4-6,8-9,15,18-19,22,24H,7,10-14,16-17H2,1-3H3,(H,31,39)(H,32,40)(H,33,41)/t19-,22+,24-/m0/s1. The maximum atomic E-state index is 13.5. The van der Waals surface area contributed by atoms with Gasteiger partial charge in [0.2, 0.25) is 11.8 Å². The van der Waals surface area contributed by atoms with Gasteiger partial charge in [0.25, 0.3) is 11.8 Å². The van der Waals surface area contributed by atoms with Crippen molar-refractivity contribution in [1.82, 2.24) is 40.8 Å². The Labute approximate surface area is 254 Å². The number of hydrogen-bond donors (Lipinski definition) is 3. The Balaban J connectivity index is 1.46. The Kier molecular flexibility index (Phi) is 9.68. The van der Waals surface area contributed by atoms with Crippen LogP contribution in [0.2, 0.25) is 0 Å². The Hall–Kier alpha value is -4.59. The maximum absolute atomic E-state index is 13.5. The van der Waals surface area contributed by atoms with E-state index in [1.807, 2.05) is 44.2 Å². The van der Waals surface area contributed by atoms with Gasteiger partial charge in [-0.3, -0.25) is 19.2 Å². The van der Waals surface area contributed by atoms with Gasteiger partial charge >= 0.3 is 0 Å². The molecule has 2 bridgehead atoms. The second kappa shape index (κ2) is 13.8. The lowest BCUT2D eigenvalue weighted by molar-refractivity contribution is -0.142. The summed E-state index contributed by atoms with van der Waals surface area (Å²) in [6.45, 7) is 6.33. The van der Waals surface area contributed by atoms with E-state index >= 15 is 0 Å². The van der Waals surface area contributed by atoms with Crippen LogP contribution in [0.3, 0.4) is 0 Å². The van der Waals surface area contributed by atoms with E-state index in [4.69, 9.17) is 9.26 Å². The normalized spacial score (nSPS) is 22.0. The number of aromatic nitrogens is 4. The van der Waals surface area contributed by atoms with Crippen molar-refractivity contribution in [1.29, 1.82) is 0 Å². The van der Waals surface area contributed by atoms with Crippen LogP contribution < -0.4 is 16.0 Å². The largest absolute Gasteiger partial charge is 0.368 e. The first kappa shape index (κ1) is 30.9. The van der Waals surface area contributed by atoms with Crippen molar-refractivity contribution < 1.29 is 28.4 Å². The van der Waals surface area contributed by atoms with E-state index in [1.165, 1.54) is 15.6 Å². The van der Waals surface area contributed by atoms with Gasteiger partial charge in [-0.2, -0.15) is 5.10 Å². The maximum Gasteiger partial charge on any atom is 0.274 e. The third-order valence-electron chi connectivity index (χ3n) is 7.46. The molecule has 0 saturated carbocycles. The monoisotopic (exact) mass is 606 g/mol. The summed E-state index contributed by atoms with van der Waals surface area (Å²) in [6, 6.07) is 9.24. The first-order valence-electron chi connectivity index (χ1n) is 14.9. The minimum absolute atomic E-state index is 0.0132. The van der Waals surface area contributed by atoms with Gasteiger partial charge in [0, 0.05) is 31.3 Å². The molecule has 0 unspecified atom stereocenters. The minimum atomic E-state index is -0.880. The van der Waals surface area contributed by atoms with Crippen molar-refractivity contribution in [2.75, 3.05) is 19.7 Å². The Morgan fingerprint density at radius 2 is 1.91 bits per heavy atom. The minimum Gasteiger partial charge on any atom is -0.368 e. The molecule has 5 rings (SSSR count). The summed E-state index contributed by atoms with van der Waals surface area (Å²) in [4.78, 5) is 59.3. The summed E-state index contributed by atoms with van der Waals surface area (Å²) < 4.78 is 12.5. The second-order valence-electron chi connectivity index (χ2n) is 11.5. The predicted molar refractivity (Wildman–Crippen MR) is 157 cm³/mol. The summed E-state index contributed by atoms with van der Waals surface area (Å²) in [5.74, 6) is -0.420. The van der Waals surface area contributed by atoms with Crippen LogP contribution in [-0.2, 0) is 32.2 Å². The highest BCUT2D eigenvalue weighted by atomic mass is 16.5. The fourth-order valence-corrected chi connectivity index (χ4v) is 5.26. The van der Waals surface area contributed by atoms with E-state index in [0.29, 0.717) is 31.1 Å². The van der Waals surface area contributed by atoms with Crippen LogP contribution in [-0.4, -0.2) is 80.3 Å². The molecule has 3 N–H and O–H groups in total. The number of nitrogens with zero attached hydrogens (tertiary/aromatic N) is 5. The predicted octanol–water partition coefficient (Wildman–Crippen LogP) is 1.59. The van der Waals surface area contributed by atoms with Crippen LogP contribution in [0.5, 0.6) is 0 Å². The molecule has 14 nitrogen and oxygen atoms in total. The number of rotatable bonds is 4. The Morgan fingerprint density at radius 3 is 2.64 bits per heavy atom.